The van der Waals surface area contributed by atoms with Crippen molar-refractivity contribution in [3.63, 3.8) is 0 Å². The van der Waals surface area contributed by atoms with Crippen LogP contribution in [0.25, 0.3) is 0 Å². The van der Waals surface area contributed by atoms with Gasteiger partial charge in [0.25, 0.3) is 0 Å². The van der Waals surface area contributed by atoms with E-state index in [-0.39, 0.29) is 5.12 Å². The van der Waals surface area contributed by atoms with Crippen molar-refractivity contribution >= 4 is 6.09 Å². The molecule has 6 heteroatoms. The lowest BCUT2D eigenvalue weighted by atomic mass is 11.2. The lowest BCUT2D eigenvalue weighted by Crippen LogP contribution is -2.44. The van der Waals surface area contributed by atoms with E-state index in [0.717, 1.165) is 0 Å². The van der Waals surface area contributed by atoms with E-state index in [1.807, 2.05) is 0 Å². The second kappa shape index (κ2) is 2.35. The van der Waals surface area contributed by atoms with Crippen LogP contribution in [0.5, 0.6) is 0 Å². The summed E-state index contributed by atoms with van der Waals surface area (Å²) in [6, 6.07) is 0. The second-order valence-corrected chi connectivity index (χ2v) is 0.791. The van der Waals surface area contributed by atoms with Crippen LogP contribution in [0.3, 0.4) is 0 Å². The third-order valence-corrected chi connectivity index (χ3v) is 0.312. The Labute approximate surface area is 39.7 Å². The molecule has 0 saturated carbocycles. The summed E-state index contributed by atoms with van der Waals surface area (Å²) in [5, 5.41) is 0.236. The molecule has 1 amide bonds. The molecule has 0 aliphatic rings. The van der Waals surface area contributed by atoms with Gasteiger partial charge in [0.05, 0.1) is 0 Å². The van der Waals surface area contributed by atoms with Gasteiger partial charge in [-0.15, -0.1) is 0 Å². The van der Waals surface area contributed by atoms with Crippen LogP contribution in [0.15, 0.2) is 0 Å². The Morgan fingerprint density at radius 2 is 2.00 bits per heavy atom. The summed E-state index contributed by atoms with van der Waals surface area (Å²) in [5.41, 5.74) is 0. The minimum Gasteiger partial charge on any atom is -0.355 e. The van der Waals surface area contributed by atoms with Gasteiger partial charge in [0.2, 0.25) is 0 Å². The van der Waals surface area contributed by atoms with Crippen LogP contribution in [0.2, 0.25) is 0 Å². The van der Waals surface area contributed by atoms with E-state index in [0.29, 0.717) is 0 Å². The third-order valence-electron chi connectivity index (χ3n) is 0.312. The van der Waals surface area contributed by atoms with Gasteiger partial charge in [-0.3, -0.25) is 0 Å². The van der Waals surface area contributed by atoms with Crippen LogP contribution in [-0.4, -0.2) is 11.2 Å². The zero-order valence-electron chi connectivity index (χ0n) is 3.50. The van der Waals surface area contributed by atoms with E-state index >= 15 is 0 Å². The number of carbonyl (C=O) groups excluding carboxylic acids is 1. The second-order valence-electron chi connectivity index (χ2n) is 0.791. The number of hydrogen-bond donors (Lipinski definition) is 3. The first-order valence-corrected chi connectivity index (χ1v) is 1.38. The van der Waals surface area contributed by atoms with Crippen LogP contribution >= 0.6 is 0 Å². The fourth-order valence-electron chi connectivity index (χ4n) is 0.0609. The van der Waals surface area contributed by atoms with Crippen molar-refractivity contribution in [3.8, 4) is 0 Å². The van der Waals surface area contributed by atoms with Gasteiger partial charge < -0.3 is 4.84 Å². The van der Waals surface area contributed by atoms with Gasteiger partial charge in [0.15, 0.2) is 0 Å². The molecule has 0 aromatic heterocycles. The van der Waals surface area contributed by atoms with Crippen LogP contribution in [0.1, 0.15) is 0 Å². The summed E-state index contributed by atoms with van der Waals surface area (Å²) >= 11 is 0. The fraction of sp³-hybridized carbons (Fsp3) is 0. The minimum absolute atomic E-state index is 0.236. The van der Waals surface area contributed by atoms with Crippen molar-refractivity contribution in [1.82, 2.24) is 5.12 Å². The number of nitrogens with two attached hydrogens (primary N) is 3. The van der Waals surface area contributed by atoms with Gasteiger partial charge in [-0.05, 0) is 0 Å². The smallest absolute Gasteiger partial charge is 0.355 e. The molecule has 6 nitrogen and oxygen atoms in total. The molecule has 0 spiro atoms. The third kappa shape index (κ3) is 1.93. The van der Waals surface area contributed by atoms with Gasteiger partial charge in [-0.2, -0.15) is 11.0 Å². The highest BCUT2D eigenvalue weighted by atomic mass is 16.7. The van der Waals surface area contributed by atoms with Gasteiger partial charge in [-0.1, -0.05) is 0 Å². The average Bonchev–Trinajstić information content (AvgIpc) is 1.65. The predicted molar refractivity (Wildman–Crippen MR) is 20.9 cm³/mol. The molecule has 0 atom stereocenters. The zero-order valence-corrected chi connectivity index (χ0v) is 3.50. The van der Waals surface area contributed by atoms with Crippen molar-refractivity contribution in [1.29, 1.82) is 0 Å². The molecule has 0 radical (unpaired) electrons. The fourth-order valence-corrected chi connectivity index (χ4v) is 0.0609. The normalized spacial score (nSPS) is 7.86. The molecular weight excluding hydrogens is 100 g/mol. The molecule has 42 valence electrons. The Bertz CT molecular complexity index is 70.1. The molecule has 7 heavy (non-hydrogen) atoms. The molecule has 0 unspecified atom stereocenters. The first-order valence-electron chi connectivity index (χ1n) is 1.38. The number of amides is 1. The number of rotatable bonds is 0. The average molecular weight is 106 g/mol. The van der Waals surface area contributed by atoms with Crippen molar-refractivity contribution in [3.05, 3.63) is 0 Å². The number of hydrazine groups is 2. The largest absolute Gasteiger partial charge is 0.457 e. The van der Waals surface area contributed by atoms with E-state index in [2.05, 4.69) is 22.4 Å². The Morgan fingerprint density at radius 1 is 1.57 bits per heavy atom. The Morgan fingerprint density at radius 3 is 2.00 bits per heavy atom. The number of hydrogen-bond acceptors (Lipinski definition) is 5. The first-order chi connectivity index (χ1) is 3.18. The maximum absolute atomic E-state index is 9.84. The summed E-state index contributed by atoms with van der Waals surface area (Å²) in [4.78, 5) is 13.4. The van der Waals surface area contributed by atoms with Gasteiger partial charge in [-0.25, -0.2) is 16.5 Å². The predicted octanol–water partition coefficient (Wildman–Crippen LogP) is -1.95. The van der Waals surface area contributed by atoms with Crippen molar-refractivity contribution in [2.24, 2.45) is 17.6 Å². The Hall–Kier alpha value is -0.850. The summed E-state index contributed by atoms with van der Waals surface area (Å²) in [7, 11) is 0. The lowest BCUT2D eigenvalue weighted by Gasteiger charge is -2.03. The highest BCUT2D eigenvalue weighted by molar-refractivity contribution is 5.65. The quantitative estimate of drug-likeness (QED) is 0.189. The van der Waals surface area contributed by atoms with Crippen molar-refractivity contribution in [2.45, 2.75) is 0 Å². The molecule has 0 rings (SSSR count). The maximum atomic E-state index is 9.84. The zero-order chi connectivity index (χ0) is 5.86. The van der Waals surface area contributed by atoms with Crippen LogP contribution in [-0.2, 0) is 4.84 Å². The molecule has 0 heterocycles. The topological polar surface area (TPSA) is 108 Å². The number of carbonyl (C=O) groups is 1. The van der Waals surface area contributed by atoms with Crippen molar-refractivity contribution in [2.75, 3.05) is 0 Å². The van der Waals surface area contributed by atoms with Gasteiger partial charge >= 0.3 is 6.09 Å². The molecule has 0 aliphatic heterocycles. The highest BCUT2D eigenvalue weighted by Crippen LogP contribution is 1.68. The SMILES string of the molecule is NOC(=O)N(N)N. The van der Waals surface area contributed by atoms with Gasteiger partial charge in [0, 0.05) is 0 Å². The highest BCUT2D eigenvalue weighted by Gasteiger charge is 2.00. The molecule has 0 aromatic carbocycles. The Kier molecular flexibility index (Phi) is 2.06. The standard InChI is InChI=1S/CH6N4O2/c2-5(3)1(6)7-4/h2-4H2. The first kappa shape index (κ1) is 6.15. The maximum Gasteiger partial charge on any atom is 0.457 e. The van der Waals surface area contributed by atoms with E-state index in [1.54, 1.807) is 0 Å². The summed E-state index contributed by atoms with van der Waals surface area (Å²) < 4.78 is 0. The molecular formula is CH6N4O2. The minimum atomic E-state index is -0.986. The van der Waals surface area contributed by atoms with Crippen LogP contribution < -0.4 is 17.6 Å². The summed E-state index contributed by atoms with van der Waals surface area (Å²) in [6.45, 7) is 0. The number of nitrogens with zero attached hydrogens (tertiary/aromatic N) is 1. The van der Waals surface area contributed by atoms with Gasteiger partial charge in [0.1, 0.15) is 0 Å². The van der Waals surface area contributed by atoms with E-state index in [4.69, 9.17) is 0 Å². The molecule has 6 N–H and O–H groups in total. The molecule has 0 aromatic rings. The Balaban J connectivity index is 3.35. The monoisotopic (exact) mass is 106 g/mol. The van der Waals surface area contributed by atoms with E-state index in [1.165, 1.54) is 0 Å². The molecule has 0 fully saturated rings. The van der Waals surface area contributed by atoms with E-state index in [9.17, 15) is 4.79 Å². The van der Waals surface area contributed by atoms with E-state index < -0.39 is 6.09 Å². The lowest BCUT2D eigenvalue weighted by molar-refractivity contribution is 0.103. The van der Waals surface area contributed by atoms with Crippen molar-refractivity contribution < 1.29 is 9.63 Å². The van der Waals surface area contributed by atoms with Crippen LogP contribution in [0.4, 0.5) is 4.79 Å². The summed E-state index contributed by atoms with van der Waals surface area (Å²) in [6.07, 6.45) is -0.986. The molecule has 0 aliphatic carbocycles. The van der Waals surface area contributed by atoms with Crippen LogP contribution in [0, 0.1) is 0 Å². The summed E-state index contributed by atoms with van der Waals surface area (Å²) in [5.74, 6) is 13.5. The molecule has 0 bridgehead atoms. The molecule has 0 saturated heterocycles.